The van der Waals surface area contributed by atoms with Gasteiger partial charge in [-0.05, 0) is 48.4 Å². The van der Waals surface area contributed by atoms with Crippen molar-refractivity contribution in [2.45, 2.75) is 38.6 Å². The van der Waals surface area contributed by atoms with Crippen molar-refractivity contribution in [1.29, 1.82) is 0 Å². The number of hydrogen-bond acceptors (Lipinski definition) is 4. The lowest BCUT2D eigenvalue weighted by molar-refractivity contribution is 0.0938. The number of nitrogens with one attached hydrogen (secondary N) is 1. The third-order valence-corrected chi connectivity index (χ3v) is 3.67. The fourth-order valence-electron chi connectivity index (χ4n) is 2.59. The first kappa shape index (κ1) is 12.8. The molecule has 1 heterocycles. The number of nitrogens with zero attached hydrogens (tertiary/aromatic N) is 4. The summed E-state index contributed by atoms with van der Waals surface area (Å²) in [6.07, 6.45) is 4.57. The highest BCUT2D eigenvalue weighted by molar-refractivity contribution is 5.94. The van der Waals surface area contributed by atoms with Gasteiger partial charge >= 0.3 is 0 Å². The van der Waals surface area contributed by atoms with E-state index >= 15 is 0 Å². The molecule has 1 amide bonds. The molecule has 0 radical (unpaired) electrons. The second kappa shape index (κ2) is 5.40. The van der Waals surface area contributed by atoms with Gasteiger partial charge in [0.25, 0.3) is 5.91 Å². The Morgan fingerprint density at radius 1 is 1.35 bits per heavy atom. The molecule has 1 aliphatic rings. The normalized spacial score (nSPS) is 15.4. The molecule has 20 heavy (non-hydrogen) atoms. The molecule has 1 aliphatic carbocycles. The predicted octanol–water partition coefficient (Wildman–Crippen LogP) is 1.64. The van der Waals surface area contributed by atoms with E-state index in [-0.39, 0.29) is 5.91 Å². The Morgan fingerprint density at radius 2 is 2.15 bits per heavy atom. The summed E-state index contributed by atoms with van der Waals surface area (Å²) in [5.41, 5.74) is 1.44. The van der Waals surface area contributed by atoms with E-state index < -0.39 is 0 Å². The molecule has 1 N–H and O–H groups in total. The van der Waals surface area contributed by atoms with E-state index in [1.807, 2.05) is 31.2 Å². The van der Waals surface area contributed by atoms with E-state index in [4.69, 9.17) is 0 Å². The van der Waals surface area contributed by atoms with Gasteiger partial charge in [0.05, 0.1) is 5.69 Å². The Labute approximate surface area is 117 Å². The van der Waals surface area contributed by atoms with E-state index in [2.05, 4.69) is 20.8 Å². The second-order valence-corrected chi connectivity index (χ2v) is 5.14. The van der Waals surface area contributed by atoms with Crippen molar-refractivity contribution in [1.82, 2.24) is 25.5 Å². The molecule has 0 aliphatic heterocycles. The summed E-state index contributed by atoms with van der Waals surface area (Å²) in [5, 5.41) is 14.5. The summed E-state index contributed by atoms with van der Waals surface area (Å²) in [6.45, 7) is 1.82. The summed E-state index contributed by atoms with van der Waals surface area (Å²) in [4.78, 5) is 12.2. The van der Waals surface area contributed by atoms with Gasteiger partial charge in [-0.15, -0.1) is 5.10 Å². The van der Waals surface area contributed by atoms with Crippen LogP contribution in [0.4, 0.5) is 0 Å². The summed E-state index contributed by atoms with van der Waals surface area (Å²) >= 11 is 0. The molecule has 1 aromatic carbocycles. The van der Waals surface area contributed by atoms with Crippen LogP contribution in [0.3, 0.4) is 0 Å². The van der Waals surface area contributed by atoms with Crippen molar-refractivity contribution < 1.29 is 4.79 Å². The molecule has 0 unspecified atom stereocenters. The molecule has 104 valence electrons. The van der Waals surface area contributed by atoms with Crippen molar-refractivity contribution in [2.24, 2.45) is 0 Å². The maximum atomic E-state index is 12.2. The van der Waals surface area contributed by atoms with Gasteiger partial charge in [-0.2, -0.15) is 4.68 Å². The van der Waals surface area contributed by atoms with E-state index in [0.717, 1.165) is 18.5 Å². The zero-order valence-corrected chi connectivity index (χ0v) is 11.4. The van der Waals surface area contributed by atoms with Gasteiger partial charge in [-0.1, -0.05) is 18.9 Å². The lowest BCUT2D eigenvalue weighted by Gasteiger charge is -2.12. The van der Waals surface area contributed by atoms with E-state index in [1.54, 1.807) is 4.68 Å². The number of aryl methyl sites for hydroxylation is 1. The highest BCUT2D eigenvalue weighted by Crippen LogP contribution is 2.18. The molecule has 1 aromatic heterocycles. The second-order valence-electron chi connectivity index (χ2n) is 5.14. The van der Waals surface area contributed by atoms with Crippen LogP contribution >= 0.6 is 0 Å². The Balaban J connectivity index is 1.80. The molecule has 3 rings (SSSR count). The number of benzene rings is 1. The zero-order valence-electron chi connectivity index (χ0n) is 11.4. The third kappa shape index (κ3) is 2.54. The van der Waals surface area contributed by atoms with Crippen molar-refractivity contribution in [3.8, 4) is 5.69 Å². The molecule has 0 saturated heterocycles. The van der Waals surface area contributed by atoms with Crippen LogP contribution in [0.5, 0.6) is 0 Å². The van der Waals surface area contributed by atoms with Crippen LogP contribution in [0.25, 0.3) is 5.69 Å². The van der Waals surface area contributed by atoms with Gasteiger partial charge in [0.1, 0.15) is 0 Å². The minimum Gasteiger partial charge on any atom is -0.349 e. The van der Waals surface area contributed by atoms with Crippen LogP contribution in [-0.2, 0) is 0 Å². The minimum absolute atomic E-state index is 0.0236. The first-order chi connectivity index (χ1) is 9.74. The molecule has 0 spiro atoms. The highest BCUT2D eigenvalue weighted by atomic mass is 16.1. The standard InChI is InChI=1S/C14H17N5O/c1-10-16-17-18-19(10)13-8-4-5-11(9-13)14(20)15-12-6-2-3-7-12/h4-5,8-9,12H,2-3,6-7H2,1H3,(H,15,20). The molecule has 1 saturated carbocycles. The maximum absolute atomic E-state index is 12.2. The van der Waals surface area contributed by atoms with Crippen LogP contribution in [-0.4, -0.2) is 32.2 Å². The van der Waals surface area contributed by atoms with Gasteiger partial charge in [0.15, 0.2) is 5.82 Å². The van der Waals surface area contributed by atoms with Gasteiger partial charge in [0, 0.05) is 11.6 Å². The molecule has 2 aromatic rings. The summed E-state index contributed by atoms with van der Waals surface area (Å²) in [6, 6.07) is 7.68. The molecule has 0 atom stereocenters. The van der Waals surface area contributed by atoms with Crippen molar-refractivity contribution in [3.05, 3.63) is 35.7 Å². The van der Waals surface area contributed by atoms with E-state index in [1.165, 1.54) is 12.8 Å². The van der Waals surface area contributed by atoms with Gasteiger partial charge in [0.2, 0.25) is 0 Å². The monoisotopic (exact) mass is 271 g/mol. The first-order valence-corrected chi connectivity index (χ1v) is 6.90. The van der Waals surface area contributed by atoms with Gasteiger partial charge in [-0.25, -0.2) is 0 Å². The van der Waals surface area contributed by atoms with Gasteiger partial charge < -0.3 is 5.32 Å². The van der Waals surface area contributed by atoms with Crippen LogP contribution in [0.15, 0.2) is 24.3 Å². The first-order valence-electron chi connectivity index (χ1n) is 6.90. The molecular weight excluding hydrogens is 254 g/mol. The average molecular weight is 271 g/mol. The number of carbonyl (C=O) groups excluding carboxylic acids is 1. The molecule has 6 heteroatoms. The van der Waals surface area contributed by atoms with Crippen LogP contribution in [0.1, 0.15) is 41.9 Å². The minimum atomic E-state index is -0.0236. The van der Waals surface area contributed by atoms with E-state index in [9.17, 15) is 4.79 Å². The van der Waals surface area contributed by atoms with E-state index in [0.29, 0.717) is 17.4 Å². The molecule has 1 fully saturated rings. The topological polar surface area (TPSA) is 72.7 Å². The zero-order chi connectivity index (χ0) is 13.9. The summed E-state index contributed by atoms with van der Waals surface area (Å²) < 4.78 is 1.62. The largest absolute Gasteiger partial charge is 0.349 e. The summed E-state index contributed by atoms with van der Waals surface area (Å²) in [5.74, 6) is 0.669. The van der Waals surface area contributed by atoms with Crippen molar-refractivity contribution in [3.63, 3.8) is 0 Å². The van der Waals surface area contributed by atoms with Crippen LogP contribution in [0.2, 0.25) is 0 Å². The molecule has 6 nitrogen and oxygen atoms in total. The fourth-order valence-corrected chi connectivity index (χ4v) is 2.59. The number of amides is 1. The highest BCUT2D eigenvalue weighted by Gasteiger charge is 2.18. The van der Waals surface area contributed by atoms with Crippen LogP contribution < -0.4 is 5.32 Å². The number of tetrazole rings is 1. The predicted molar refractivity (Wildman–Crippen MR) is 73.6 cm³/mol. The number of aromatic nitrogens is 4. The molecular formula is C14H17N5O. The Hall–Kier alpha value is -2.24. The van der Waals surface area contributed by atoms with Crippen molar-refractivity contribution in [2.75, 3.05) is 0 Å². The SMILES string of the molecule is Cc1nnnn1-c1cccc(C(=O)NC2CCCC2)c1. The lowest BCUT2D eigenvalue weighted by atomic mass is 10.1. The third-order valence-electron chi connectivity index (χ3n) is 3.67. The number of carbonyl (C=O) groups is 1. The average Bonchev–Trinajstić information content (AvgIpc) is 3.10. The Kier molecular flexibility index (Phi) is 3.45. The molecule has 0 bridgehead atoms. The lowest BCUT2D eigenvalue weighted by Crippen LogP contribution is -2.32. The number of hydrogen-bond donors (Lipinski definition) is 1. The van der Waals surface area contributed by atoms with Gasteiger partial charge in [-0.3, -0.25) is 4.79 Å². The van der Waals surface area contributed by atoms with Crippen LogP contribution in [0, 0.1) is 6.92 Å². The fraction of sp³-hybridized carbons (Fsp3) is 0.429. The quantitative estimate of drug-likeness (QED) is 0.921. The maximum Gasteiger partial charge on any atom is 0.251 e. The Bertz CT molecular complexity index is 616. The van der Waals surface area contributed by atoms with Crippen molar-refractivity contribution >= 4 is 5.91 Å². The summed E-state index contributed by atoms with van der Waals surface area (Å²) in [7, 11) is 0. The number of rotatable bonds is 3. The Morgan fingerprint density at radius 3 is 2.85 bits per heavy atom. The smallest absolute Gasteiger partial charge is 0.251 e.